The number of ether oxygens (including phenoxy) is 1. The minimum absolute atomic E-state index is 0.0327. The summed E-state index contributed by atoms with van der Waals surface area (Å²) in [5.41, 5.74) is 0.245. The van der Waals surface area contributed by atoms with E-state index in [1.807, 2.05) is 0 Å². The van der Waals surface area contributed by atoms with E-state index in [0.717, 1.165) is 0 Å². The van der Waals surface area contributed by atoms with Crippen LogP contribution < -0.4 is 5.56 Å². The lowest BCUT2D eigenvalue weighted by Gasteiger charge is -2.10. The van der Waals surface area contributed by atoms with Crippen LogP contribution in [0.5, 0.6) is 0 Å². The van der Waals surface area contributed by atoms with Gasteiger partial charge in [-0.15, -0.1) is 0 Å². The van der Waals surface area contributed by atoms with E-state index in [2.05, 4.69) is 9.72 Å². The van der Waals surface area contributed by atoms with Gasteiger partial charge in [0.15, 0.2) is 4.77 Å². The third kappa shape index (κ3) is 3.45. The van der Waals surface area contributed by atoms with Crippen LogP contribution in [0.1, 0.15) is 0 Å². The third-order valence-corrected chi connectivity index (χ3v) is 2.94. The summed E-state index contributed by atoms with van der Waals surface area (Å²) in [6, 6.07) is 6.78. The van der Waals surface area contributed by atoms with Gasteiger partial charge in [-0.2, -0.15) is 13.2 Å². The van der Waals surface area contributed by atoms with Crippen molar-refractivity contribution in [2.75, 3.05) is 13.2 Å². The van der Waals surface area contributed by atoms with E-state index in [9.17, 15) is 18.0 Å². The first-order valence-corrected chi connectivity index (χ1v) is 6.16. The minimum atomic E-state index is -4.38. The average Bonchev–Trinajstić information content (AvgIpc) is 2.36. The molecule has 20 heavy (non-hydrogen) atoms. The SMILES string of the molecule is O=c1c2ccccc2[nH]c(=S)n1CCOCC(F)(F)F. The van der Waals surface area contributed by atoms with Gasteiger partial charge in [0.2, 0.25) is 0 Å². The normalized spacial score (nSPS) is 11.9. The van der Waals surface area contributed by atoms with Gasteiger partial charge in [-0.1, -0.05) is 12.1 Å². The van der Waals surface area contributed by atoms with Crippen molar-refractivity contribution in [2.24, 2.45) is 0 Å². The zero-order chi connectivity index (χ0) is 14.8. The predicted molar refractivity (Wildman–Crippen MR) is 70.3 cm³/mol. The Morgan fingerprint density at radius 3 is 2.70 bits per heavy atom. The molecule has 1 aromatic carbocycles. The van der Waals surface area contributed by atoms with Crippen molar-refractivity contribution in [2.45, 2.75) is 12.7 Å². The second-order valence-corrected chi connectivity index (χ2v) is 4.49. The Hall–Kier alpha value is -1.67. The van der Waals surface area contributed by atoms with Crippen LogP contribution in [0.15, 0.2) is 29.1 Å². The Morgan fingerprint density at radius 1 is 1.30 bits per heavy atom. The van der Waals surface area contributed by atoms with Crippen molar-refractivity contribution in [3.05, 3.63) is 39.4 Å². The lowest BCUT2D eigenvalue weighted by atomic mass is 10.2. The summed E-state index contributed by atoms with van der Waals surface area (Å²) >= 11 is 5.02. The molecule has 0 aliphatic carbocycles. The summed E-state index contributed by atoms with van der Waals surface area (Å²) in [7, 11) is 0. The van der Waals surface area contributed by atoms with E-state index in [1.54, 1.807) is 24.3 Å². The standard InChI is InChI=1S/C12H11F3N2O2S/c13-12(14,15)7-19-6-5-17-10(18)8-3-1-2-4-9(8)16-11(17)20/h1-4H,5-7H2,(H,16,20). The molecule has 2 aromatic rings. The zero-order valence-corrected chi connectivity index (χ0v) is 11.1. The number of nitrogens with zero attached hydrogens (tertiary/aromatic N) is 1. The van der Waals surface area contributed by atoms with Gasteiger partial charge in [0.25, 0.3) is 5.56 Å². The highest BCUT2D eigenvalue weighted by Gasteiger charge is 2.27. The fraction of sp³-hybridized carbons (Fsp3) is 0.333. The molecule has 0 fully saturated rings. The number of hydrogen-bond donors (Lipinski definition) is 1. The van der Waals surface area contributed by atoms with E-state index in [1.165, 1.54) is 4.57 Å². The zero-order valence-electron chi connectivity index (χ0n) is 10.2. The van der Waals surface area contributed by atoms with Crippen molar-refractivity contribution < 1.29 is 17.9 Å². The van der Waals surface area contributed by atoms with Crippen molar-refractivity contribution in [3.8, 4) is 0 Å². The number of aromatic nitrogens is 2. The highest BCUT2D eigenvalue weighted by molar-refractivity contribution is 7.71. The lowest BCUT2D eigenvalue weighted by molar-refractivity contribution is -0.174. The third-order valence-electron chi connectivity index (χ3n) is 2.61. The highest BCUT2D eigenvalue weighted by atomic mass is 32.1. The van der Waals surface area contributed by atoms with Crippen LogP contribution in [0.25, 0.3) is 10.9 Å². The number of rotatable bonds is 4. The molecule has 4 nitrogen and oxygen atoms in total. The van der Waals surface area contributed by atoms with E-state index < -0.39 is 12.8 Å². The van der Waals surface area contributed by atoms with Gasteiger partial charge in [-0.05, 0) is 24.4 Å². The number of fused-ring (bicyclic) bond motifs is 1. The number of halogens is 3. The summed E-state index contributed by atoms with van der Waals surface area (Å²) < 4.78 is 41.6. The summed E-state index contributed by atoms with van der Waals surface area (Å²) in [4.78, 5) is 15.0. The molecular weight excluding hydrogens is 293 g/mol. The maximum absolute atomic E-state index is 12.1. The fourth-order valence-corrected chi connectivity index (χ4v) is 2.03. The van der Waals surface area contributed by atoms with Gasteiger partial charge in [-0.3, -0.25) is 9.36 Å². The fourth-order valence-electron chi connectivity index (χ4n) is 1.75. The smallest absolute Gasteiger partial charge is 0.370 e. The largest absolute Gasteiger partial charge is 0.411 e. The van der Waals surface area contributed by atoms with Gasteiger partial charge in [0, 0.05) is 0 Å². The molecule has 0 aliphatic heterocycles. The first-order valence-electron chi connectivity index (χ1n) is 5.75. The molecule has 1 N–H and O–H groups in total. The maximum Gasteiger partial charge on any atom is 0.411 e. The summed E-state index contributed by atoms with van der Waals surface area (Å²) in [5, 5.41) is 0.428. The molecule has 0 saturated carbocycles. The average molecular weight is 304 g/mol. The van der Waals surface area contributed by atoms with Gasteiger partial charge >= 0.3 is 6.18 Å². The van der Waals surface area contributed by atoms with Crippen LogP contribution in [-0.2, 0) is 11.3 Å². The number of nitrogens with one attached hydrogen (secondary N) is 1. The Morgan fingerprint density at radius 2 is 2.00 bits per heavy atom. The van der Waals surface area contributed by atoms with Crippen molar-refractivity contribution in [1.29, 1.82) is 0 Å². The van der Waals surface area contributed by atoms with Gasteiger partial charge in [0.05, 0.1) is 24.1 Å². The van der Waals surface area contributed by atoms with Crippen molar-refractivity contribution in [3.63, 3.8) is 0 Å². The molecule has 8 heteroatoms. The molecule has 1 aromatic heterocycles. The van der Waals surface area contributed by atoms with Gasteiger partial charge in [-0.25, -0.2) is 0 Å². The van der Waals surface area contributed by atoms with Gasteiger partial charge < -0.3 is 9.72 Å². The molecule has 2 rings (SSSR count). The van der Waals surface area contributed by atoms with E-state index >= 15 is 0 Å². The minimum Gasteiger partial charge on any atom is -0.370 e. The second-order valence-electron chi connectivity index (χ2n) is 4.10. The first kappa shape index (κ1) is 14.7. The topological polar surface area (TPSA) is 47.0 Å². The Bertz CT molecular complexity index is 721. The van der Waals surface area contributed by atoms with Crippen LogP contribution in [0.2, 0.25) is 0 Å². The number of benzene rings is 1. The van der Waals surface area contributed by atoms with E-state index in [4.69, 9.17) is 12.2 Å². The number of aromatic amines is 1. The molecule has 1 heterocycles. The number of para-hydroxylation sites is 1. The molecule has 0 atom stereocenters. The highest BCUT2D eigenvalue weighted by Crippen LogP contribution is 2.14. The molecule has 0 amide bonds. The predicted octanol–water partition coefficient (Wildman–Crippen LogP) is 2.64. The Labute approximate surface area is 116 Å². The maximum atomic E-state index is 12.1. The van der Waals surface area contributed by atoms with E-state index in [-0.39, 0.29) is 23.5 Å². The van der Waals surface area contributed by atoms with Crippen molar-refractivity contribution in [1.82, 2.24) is 9.55 Å². The van der Waals surface area contributed by atoms with Crippen LogP contribution >= 0.6 is 12.2 Å². The molecular formula is C12H11F3N2O2S. The molecule has 0 spiro atoms. The quantitative estimate of drug-likeness (QED) is 0.698. The molecule has 0 radical (unpaired) electrons. The van der Waals surface area contributed by atoms with Gasteiger partial charge in [0.1, 0.15) is 6.61 Å². The Kier molecular flexibility index (Phi) is 4.24. The van der Waals surface area contributed by atoms with Crippen LogP contribution in [0.3, 0.4) is 0 Å². The van der Waals surface area contributed by atoms with Crippen LogP contribution in [0.4, 0.5) is 13.2 Å². The van der Waals surface area contributed by atoms with E-state index in [0.29, 0.717) is 10.9 Å². The monoisotopic (exact) mass is 304 g/mol. The molecule has 0 unspecified atom stereocenters. The van der Waals surface area contributed by atoms with Crippen molar-refractivity contribution >= 4 is 23.1 Å². The molecule has 0 aliphatic rings. The summed E-state index contributed by atoms with van der Waals surface area (Å²) in [5.74, 6) is 0. The lowest BCUT2D eigenvalue weighted by Crippen LogP contribution is -2.26. The Balaban J connectivity index is 2.18. The molecule has 0 bridgehead atoms. The number of alkyl halides is 3. The first-order chi connectivity index (χ1) is 9.38. The summed E-state index contributed by atoms with van der Waals surface area (Å²) in [6.45, 7) is -1.61. The molecule has 108 valence electrons. The summed E-state index contributed by atoms with van der Waals surface area (Å²) in [6.07, 6.45) is -4.38. The van der Waals surface area contributed by atoms with Crippen LogP contribution in [0, 0.1) is 4.77 Å². The number of hydrogen-bond acceptors (Lipinski definition) is 3. The second kappa shape index (κ2) is 5.76. The molecule has 0 saturated heterocycles. The number of H-pyrrole nitrogens is 1. The van der Waals surface area contributed by atoms with Crippen LogP contribution in [-0.4, -0.2) is 28.9 Å².